The first-order valence-corrected chi connectivity index (χ1v) is 17.9. The molecule has 6 aliphatic rings. The molecule has 254 valence electrons. The number of carbonyl (C=O) groups is 6. The molecule has 0 N–H and O–H groups in total. The fourth-order valence-electron chi connectivity index (χ4n) is 11.3. The van der Waals surface area contributed by atoms with Gasteiger partial charge in [0, 0.05) is 63.8 Å². The third-order valence-electron chi connectivity index (χ3n) is 13.0. The first kappa shape index (κ1) is 31.0. The number of ketones is 5. The van der Waals surface area contributed by atoms with Crippen LogP contribution in [0.3, 0.4) is 0 Å². The van der Waals surface area contributed by atoms with Crippen LogP contribution in [0.1, 0.15) is 77.7 Å². The molecule has 0 aromatic heterocycles. The number of Topliss-reactive ketones (excluding diaryl/α,β-unsaturated/α-hetero) is 4. The summed E-state index contributed by atoms with van der Waals surface area (Å²) in [5.41, 5.74) is 1.95. The largest absolute Gasteiger partial charge is 0.430 e. The monoisotopic (exact) mass is 684 g/mol. The van der Waals surface area contributed by atoms with E-state index in [1.165, 1.54) is 6.08 Å². The van der Waals surface area contributed by atoms with Crippen LogP contribution in [0, 0.1) is 40.9 Å². The third-order valence-corrected chi connectivity index (χ3v) is 13.0. The molecule has 0 amide bonds. The highest BCUT2D eigenvalue weighted by atomic mass is 16.5. The van der Waals surface area contributed by atoms with Gasteiger partial charge in [0.1, 0.15) is 5.76 Å². The van der Waals surface area contributed by atoms with Crippen LogP contribution in [-0.4, -0.2) is 34.9 Å². The molecule has 10 rings (SSSR count). The lowest BCUT2D eigenvalue weighted by Crippen LogP contribution is -2.56. The topological polar surface area (TPSA) is 112 Å². The number of hydrogen-bond donors (Lipinski definition) is 0. The standard InChI is InChI=1S/C45H32O7/c1-22-20-31(46)45(44(51)52-22)30-21-29-33(41(48)26-17-9-8-16-25(26)40(29)47)35-32(23-12-4-2-5-13-23)37-38(43(50)28-19-11-10-18-27(28)42(37)49)36(34(30)35)39(45)24-14-6-3-7-15-24/h2-20,29,32-33,35-39H,21H2,1H3/t29-,32+,33-,35-,36-,37+,38-,39-,45-/m1/s1. The number of ether oxygens (including phenoxy) is 1. The molecule has 52 heavy (non-hydrogen) atoms. The van der Waals surface area contributed by atoms with Gasteiger partial charge in [0.15, 0.2) is 34.3 Å². The van der Waals surface area contributed by atoms with Crippen LogP contribution in [-0.2, 0) is 14.3 Å². The molecule has 7 nitrogen and oxygen atoms in total. The van der Waals surface area contributed by atoms with Gasteiger partial charge in [0.05, 0.1) is 0 Å². The number of cyclic esters (lactones) is 1. The number of fused-ring (bicyclic) bond motifs is 7. The zero-order valence-corrected chi connectivity index (χ0v) is 28.2. The van der Waals surface area contributed by atoms with E-state index in [9.17, 15) is 19.2 Å². The van der Waals surface area contributed by atoms with Gasteiger partial charge < -0.3 is 4.74 Å². The molecule has 1 aliphatic heterocycles. The van der Waals surface area contributed by atoms with E-state index >= 15 is 9.59 Å². The first-order chi connectivity index (χ1) is 25.2. The van der Waals surface area contributed by atoms with Gasteiger partial charge in [0.25, 0.3) is 0 Å². The molecule has 0 radical (unpaired) electrons. The molecule has 7 heteroatoms. The molecule has 5 aliphatic carbocycles. The summed E-state index contributed by atoms with van der Waals surface area (Å²) in [5.74, 6) is -8.78. The lowest BCUT2D eigenvalue weighted by atomic mass is 9.46. The summed E-state index contributed by atoms with van der Waals surface area (Å²) in [7, 11) is 0. The molecule has 1 fully saturated rings. The van der Waals surface area contributed by atoms with Crippen molar-refractivity contribution >= 4 is 34.9 Å². The van der Waals surface area contributed by atoms with Crippen LogP contribution in [0.5, 0.6) is 0 Å². The number of benzene rings is 4. The minimum absolute atomic E-state index is 0.0133. The van der Waals surface area contributed by atoms with Crippen molar-refractivity contribution in [1.82, 2.24) is 0 Å². The number of rotatable bonds is 2. The number of carbonyl (C=O) groups excluding carboxylic acids is 6. The number of esters is 1. The summed E-state index contributed by atoms with van der Waals surface area (Å²) in [6, 6.07) is 32.3. The van der Waals surface area contributed by atoms with E-state index in [4.69, 9.17) is 4.74 Å². The van der Waals surface area contributed by atoms with Crippen LogP contribution < -0.4 is 0 Å². The molecule has 4 aromatic rings. The Morgan fingerprint density at radius 2 is 1.00 bits per heavy atom. The molecule has 9 atom stereocenters. The Kier molecular flexibility index (Phi) is 6.46. The fourth-order valence-corrected chi connectivity index (χ4v) is 11.3. The summed E-state index contributed by atoms with van der Waals surface area (Å²) < 4.78 is 5.90. The maximum absolute atomic E-state index is 15.2. The van der Waals surface area contributed by atoms with Gasteiger partial charge in [-0.15, -0.1) is 0 Å². The zero-order chi connectivity index (χ0) is 35.6. The fraction of sp³-hybridized carbons (Fsp3) is 0.244. The second kappa shape index (κ2) is 10.8. The molecule has 4 aromatic carbocycles. The smallest absolute Gasteiger partial charge is 0.329 e. The van der Waals surface area contributed by atoms with Crippen molar-refractivity contribution in [2.24, 2.45) is 40.9 Å². The van der Waals surface area contributed by atoms with Crippen LogP contribution in [0.4, 0.5) is 0 Å². The predicted octanol–water partition coefficient (Wildman–Crippen LogP) is 7.15. The molecular weight excluding hydrogens is 652 g/mol. The first-order valence-electron chi connectivity index (χ1n) is 17.9. The lowest BCUT2D eigenvalue weighted by Gasteiger charge is -2.54. The van der Waals surface area contributed by atoms with Gasteiger partial charge in [-0.3, -0.25) is 28.8 Å². The second-order valence-electron chi connectivity index (χ2n) is 15.1. The van der Waals surface area contributed by atoms with E-state index in [-0.39, 0.29) is 35.3 Å². The molecule has 0 bridgehead atoms. The van der Waals surface area contributed by atoms with Crippen molar-refractivity contribution in [1.29, 1.82) is 0 Å². The molecule has 1 spiro atoms. The third kappa shape index (κ3) is 3.75. The Labute approximate surface area is 299 Å². The molecular formula is C45H32O7. The molecule has 0 unspecified atom stereocenters. The molecule has 1 saturated carbocycles. The normalized spacial score (nSPS) is 32.8. The van der Waals surface area contributed by atoms with E-state index in [0.29, 0.717) is 39.0 Å². The molecule has 0 saturated heterocycles. The van der Waals surface area contributed by atoms with Crippen molar-refractivity contribution in [3.63, 3.8) is 0 Å². The van der Waals surface area contributed by atoms with Crippen molar-refractivity contribution in [2.45, 2.75) is 25.2 Å². The quantitative estimate of drug-likeness (QED) is 0.125. The summed E-state index contributed by atoms with van der Waals surface area (Å²) in [5, 5.41) is 0. The van der Waals surface area contributed by atoms with Gasteiger partial charge >= 0.3 is 5.97 Å². The minimum atomic E-state index is -1.90. The van der Waals surface area contributed by atoms with Crippen LogP contribution in [0.15, 0.2) is 132 Å². The highest BCUT2D eigenvalue weighted by molar-refractivity contribution is 6.21. The van der Waals surface area contributed by atoms with Crippen molar-refractivity contribution < 1.29 is 33.5 Å². The Balaban J connectivity index is 1.35. The number of allylic oxidation sites excluding steroid dienone is 3. The van der Waals surface area contributed by atoms with E-state index in [1.807, 2.05) is 60.7 Å². The van der Waals surface area contributed by atoms with E-state index < -0.39 is 64.5 Å². The van der Waals surface area contributed by atoms with Gasteiger partial charge in [-0.05, 0) is 41.9 Å². The van der Waals surface area contributed by atoms with E-state index in [1.54, 1.807) is 55.5 Å². The SMILES string of the molecule is CC1=CC(=O)[C@]2(C(=O)O1)C1=C3[C@H]([C@H]4C(=O)c5ccccc5C(=O)[C@H]4[C@@H](c4ccccc4)[C@@H]3[C@@H]3C(=O)c4ccccc4C(=O)[C@@H]3C1)[C@H]2c1ccccc1. The Hall–Kier alpha value is -5.82. The summed E-state index contributed by atoms with van der Waals surface area (Å²) >= 11 is 0. The van der Waals surface area contributed by atoms with Crippen molar-refractivity contribution in [3.05, 3.63) is 166 Å². The summed E-state index contributed by atoms with van der Waals surface area (Å²) in [6.07, 6.45) is 1.34. The van der Waals surface area contributed by atoms with Crippen LogP contribution in [0.2, 0.25) is 0 Å². The summed E-state index contributed by atoms with van der Waals surface area (Å²) in [6.45, 7) is 1.56. The average molecular weight is 685 g/mol. The predicted molar refractivity (Wildman–Crippen MR) is 188 cm³/mol. The van der Waals surface area contributed by atoms with E-state index in [2.05, 4.69) is 0 Å². The Bertz CT molecular complexity index is 2390. The second-order valence-corrected chi connectivity index (χ2v) is 15.1. The van der Waals surface area contributed by atoms with E-state index in [0.717, 1.165) is 5.56 Å². The van der Waals surface area contributed by atoms with Crippen LogP contribution >= 0.6 is 0 Å². The highest BCUT2D eigenvalue weighted by Crippen LogP contribution is 2.73. The molecule has 1 heterocycles. The van der Waals surface area contributed by atoms with Gasteiger partial charge in [-0.1, -0.05) is 115 Å². The van der Waals surface area contributed by atoms with Gasteiger partial charge in [0.2, 0.25) is 0 Å². The Morgan fingerprint density at radius 1 is 0.519 bits per heavy atom. The highest BCUT2D eigenvalue weighted by Gasteiger charge is 2.74. The zero-order valence-electron chi connectivity index (χ0n) is 28.2. The maximum atomic E-state index is 15.2. The van der Waals surface area contributed by atoms with Gasteiger partial charge in [-0.25, -0.2) is 0 Å². The summed E-state index contributed by atoms with van der Waals surface area (Å²) in [4.78, 5) is 89.6. The average Bonchev–Trinajstić information content (AvgIpc) is 3.47. The number of hydrogen-bond acceptors (Lipinski definition) is 7. The minimum Gasteiger partial charge on any atom is -0.430 e. The van der Waals surface area contributed by atoms with Gasteiger partial charge in [-0.2, -0.15) is 0 Å². The van der Waals surface area contributed by atoms with Crippen molar-refractivity contribution in [3.8, 4) is 0 Å². The van der Waals surface area contributed by atoms with Crippen LogP contribution in [0.25, 0.3) is 0 Å². The maximum Gasteiger partial charge on any atom is 0.329 e. The Morgan fingerprint density at radius 3 is 1.56 bits per heavy atom. The van der Waals surface area contributed by atoms with Crippen molar-refractivity contribution in [2.75, 3.05) is 0 Å². The lowest BCUT2D eigenvalue weighted by molar-refractivity contribution is -0.157.